The topological polar surface area (TPSA) is 62.2 Å². The number of pyridine rings is 1. The Morgan fingerprint density at radius 2 is 2.00 bits per heavy atom. The number of fused-ring (bicyclic) bond motifs is 1. The standard InChI is InChI=1S/C11H7Br3N2O2/c12-11(13,14)10(18)16-7-3-4-8(17)6-2-1-5-15-9(6)7/h1-5,17H,(H,16,18). The number of amides is 1. The molecule has 0 saturated heterocycles. The number of hydrogen-bond acceptors (Lipinski definition) is 3. The molecule has 1 aromatic heterocycles. The molecule has 0 atom stereocenters. The zero-order valence-corrected chi connectivity index (χ0v) is 13.6. The first-order valence-corrected chi connectivity index (χ1v) is 7.22. The van der Waals surface area contributed by atoms with Gasteiger partial charge in [-0.3, -0.25) is 9.78 Å². The molecular weight excluding hydrogens is 432 g/mol. The third kappa shape index (κ3) is 2.84. The number of phenols is 1. The Kier molecular flexibility index (Phi) is 3.93. The molecule has 0 aliphatic rings. The molecule has 1 aromatic carbocycles. The van der Waals surface area contributed by atoms with Crippen LogP contribution in [0.5, 0.6) is 5.75 Å². The smallest absolute Gasteiger partial charge is 0.263 e. The number of hydrogen-bond donors (Lipinski definition) is 2. The maximum Gasteiger partial charge on any atom is 0.263 e. The lowest BCUT2D eigenvalue weighted by Gasteiger charge is -2.14. The van der Waals surface area contributed by atoms with Gasteiger partial charge in [-0.05, 0) is 72.1 Å². The average molecular weight is 439 g/mol. The van der Waals surface area contributed by atoms with E-state index in [1.165, 1.54) is 6.07 Å². The molecule has 2 N–H and O–H groups in total. The van der Waals surface area contributed by atoms with Crippen LogP contribution in [0, 0.1) is 0 Å². The third-order valence-electron chi connectivity index (χ3n) is 2.25. The van der Waals surface area contributed by atoms with Crippen LogP contribution in [0.2, 0.25) is 0 Å². The number of anilines is 1. The van der Waals surface area contributed by atoms with E-state index in [1.54, 1.807) is 24.4 Å². The van der Waals surface area contributed by atoms with Crippen molar-refractivity contribution in [2.45, 2.75) is 2.14 Å². The number of aromatic nitrogens is 1. The summed E-state index contributed by atoms with van der Waals surface area (Å²) >= 11 is 9.39. The van der Waals surface area contributed by atoms with Gasteiger partial charge in [0.25, 0.3) is 5.91 Å². The van der Waals surface area contributed by atoms with E-state index < -0.39 is 2.14 Å². The van der Waals surface area contributed by atoms with Crippen LogP contribution in [0.25, 0.3) is 10.9 Å². The highest BCUT2D eigenvalue weighted by Crippen LogP contribution is 2.36. The summed E-state index contributed by atoms with van der Waals surface area (Å²) < 4.78 is -1.04. The normalized spacial score (nSPS) is 11.5. The third-order valence-corrected chi connectivity index (χ3v) is 3.33. The summed E-state index contributed by atoms with van der Waals surface area (Å²) in [6.07, 6.45) is 1.60. The van der Waals surface area contributed by atoms with E-state index in [9.17, 15) is 9.90 Å². The average Bonchev–Trinajstić information content (AvgIpc) is 2.32. The highest BCUT2D eigenvalue weighted by Gasteiger charge is 2.29. The minimum Gasteiger partial charge on any atom is -0.507 e. The van der Waals surface area contributed by atoms with Crippen molar-refractivity contribution in [3.63, 3.8) is 0 Å². The largest absolute Gasteiger partial charge is 0.507 e. The number of rotatable bonds is 1. The van der Waals surface area contributed by atoms with Crippen LogP contribution in [0.3, 0.4) is 0 Å². The number of alkyl halides is 3. The molecular formula is C11H7Br3N2O2. The lowest BCUT2D eigenvalue weighted by atomic mass is 10.1. The molecule has 0 radical (unpaired) electrons. The van der Waals surface area contributed by atoms with Crippen molar-refractivity contribution in [3.05, 3.63) is 30.5 Å². The number of carbonyl (C=O) groups is 1. The molecule has 94 valence electrons. The van der Waals surface area contributed by atoms with Crippen LogP contribution in [0.15, 0.2) is 30.5 Å². The van der Waals surface area contributed by atoms with Gasteiger partial charge in [0, 0.05) is 11.6 Å². The first kappa shape index (κ1) is 13.8. The molecule has 2 rings (SSSR count). The first-order chi connectivity index (χ1) is 8.39. The van der Waals surface area contributed by atoms with Gasteiger partial charge in [0.15, 0.2) is 0 Å². The minimum absolute atomic E-state index is 0.124. The second kappa shape index (κ2) is 5.14. The van der Waals surface area contributed by atoms with E-state index >= 15 is 0 Å². The Morgan fingerprint density at radius 1 is 1.28 bits per heavy atom. The number of halogens is 3. The van der Waals surface area contributed by atoms with Crippen molar-refractivity contribution in [3.8, 4) is 5.75 Å². The quantitative estimate of drug-likeness (QED) is 0.527. The molecule has 0 bridgehead atoms. The Hall–Kier alpha value is -0.660. The highest BCUT2D eigenvalue weighted by molar-refractivity contribution is 9.40. The predicted molar refractivity (Wildman–Crippen MR) is 81.5 cm³/mol. The molecule has 4 nitrogen and oxygen atoms in total. The summed E-state index contributed by atoms with van der Waals surface area (Å²) in [6, 6.07) is 6.56. The minimum atomic E-state index is -1.04. The molecule has 0 aliphatic heterocycles. The van der Waals surface area contributed by atoms with Crippen molar-refractivity contribution in [1.29, 1.82) is 0 Å². The lowest BCUT2D eigenvalue weighted by Crippen LogP contribution is -2.25. The number of aromatic hydroxyl groups is 1. The van der Waals surface area contributed by atoms with Crippen LogP contribution in [-0.4, -0.2) is 18.1 Å². The Bertz CT molecular complexity index is 611. The molecule has 0 saturated carbocycles. The van der Waals surface area contributed by atoms with Crippen molar-refractivity contribution < 1.29 is 9.90 Å². The summed E-state index contributed by atoms with van der Waals surface area (Å²) in [4.78, 5) is 16.0. The van der Waals surface area contributed by atoms with Crippen molar-refractivity contribution >= 4 is 70.3 Å². The lowest BCUT2D eigenvalue weighted by molar-refractivity contribution is -0.114. The monoisotopic (exact) mass is 436 g/mol. The van der Waals surface area contributed by atoms with E-state index in [1.807, 2.05) is 0 Å². The Balaban J connectivity index is 2.47. The van der Waals surface area contributed by atoms with E-state index in [0.29, 0.717) is 16.6 Å². The van der Waals surface area contributed by atoms with Crippen LogP contribution >= 0.6 is 47.8 Å². The van der Waals surface area contributed by atoms with Gasteiger partial charge in [-0.1, -0.05) is 0 Å². The molecule has 1 amide bonds. The van der Waals surface area contributed by atoms with E-state index in [0.717, 1.165) is 0 Å². The van der Waals surface area contributed by atoms with Gasteiger partial charge >= 0.3 is 0 Å². The van der Waals surface area contributed by atoms with Crippen molar-refractivity contribution in [1.82, 2.24) is 4.98 Å². The predicted octanol–water partition coefficient (Wildman–Crippen LogP) is 3.72. The van der Waals surface area contributed by atoms with Gasteiger partial charge in [-0.25, -0.2) is 0 Å². The number of carbonyl (C=O) groups excluding carboxylic acids is 1. The number of nitrogens with zero attached hydrogens (tertiary/aromatic N) is 1. The molecule has 7 heteroatoms. The van der Waals surface area contributed by atoms with E-state index in [4.69, 9.17) is 0 Å². The summed E-state index contributed by atoms with van der Waals surface area (Å²) in [5.74, 6) is -0.209. The number of phenolic OH excluding ortho intramolecular Hbond substituents is 1. The summed E-state index contributed by atoms with van der Waals surface area (Å²) in [5.41, 5.74) is 1.05. The maximum atomic E-state index is 11.8. The van der Waals surface area contributed by atoms with Gasteiger partial charge in [-0.15, -0.1) is 0 Å². The second-order valence-electron chi connectivity index (χ2n) is 3.48. The molecule has 0 spiro atoms. The van der Waals surface area contributed by atoms with Gasteiger partial charge in [-0.2, -0.15) is 0 Å². The van der Waals surface area contributed by atoms with Gasteiger partial charge in [0.05, 0.1) is 11.2 Å². The second-order valence-corrected chi connectivity index (χ2v) is 10.2. The number of benzene rings is 1. The molecule has 0 unspecified atom stereocenters. The summed E-state index contributed by atoms with van der Waals surface area (Å²) in [5, 5.41) is 13.0. The molecule has 18 heavy (non-hydrogen) atoms. The fourth-order valence-electron chi connectivity index (χ4n) is 1.45. The molecule has 2 aromatic rings. The maximum absolute atomic E-state index is 11.8. The zero-order valence-electron chi connectivity index (χ0n) is 8.82. The van der Waals surface area contributed by atoms with Crippen LogP contribution < -0.4 is 5.32 Å². The van der Waals surface area contributed by atoms with Gasteiger partial charge in [0.1, 0.15) is 5.75 Å². The van der Waals surface area contributed by atoms with Crippen LogP contribution in [-0.2, 0) is 4.79 Å². The number of nitrogens with one attached hydrogen (secondary N) is 1. The fraction of sp³-hybridized carbons (Fsp3) is 0.0909. The van der Waals surface area contributed by atoms with Crippen molar-refractivity contribution in [2.75, 3.05) is 5.32 Å². The molecule has 1 heterocycles. The van der Waals surface area contributed by atoms with Gasteiger partial charge < -0.3 is 10.4 Å². The first-order valence-electron chi connectivity index (χ1n) is 4.84. The van der Waals surface area contributed by atoms with Gasteiger partial charge in [0.2, 0.25) is 2.14 Å². The Morgan fingerprint density at radius 3 is 2.67 bits per heavy atom. The van der Waals surface area contributed by atoms with Crippen LogP contribution in [0.4, 0.5) is 5.69 Å². The SMILES string of the molecule is O=C(Nc1ccc(O)c2cccnc12)C(Br)(Br)Br. The van der Waals surface area contributed by atoms with Crippen molar-refractivity contribution in [2.24, 2.45) is 0 Å². The summed E-state index contributed by atoms with van der Waals surface area (Å²) in [6.45, 7) is 0. The fourth-order valence-corrected chi connectivity index (χ4v) is 1.75. The van der Waals surface area contributed by atoms with E-state index in [-0.39, 0.29) is 11.7 Å². The highest BCUT2D eigenvalue weighted by atomic mass is 80.0. The molecule has 0 fully saturated rings. The molecule has 0 aliphatic carbocycles. The van der Waals surface area contributed by atoms with E-state index in [2.05, 4.69) is 58.1 Å². The van der Waals surface area contributed by atoms with Crippen LogP contribution in [0.1, 0.15) is 0 Å². The summed E-state index contributed by atoms with van der Waals surface area (Å²) in [7, 11) is 0. The zero-order chi connectivity index (χ0) is 13.3. The Labute approximate surface area is 128 Å².